The zero-order valence-corrected chi connectivity index (χ0v) is 16.0. The van der Waals surface area contributed by atoms with Crippen molar-refractivity contribution in [3.63, 3.8) is 0 Å². The average Bonchev–Trinajstić information content (AvgIpc) is 2.33. The number of halogens is 2. The van der Waals surface area contributed by atoms with Gasteiger partial charge in [-0.3, -0.25) is 14.4 Å². The van der Waals surface area contributed by atoms with Crippen molar-refractivity contribution in [3.05, 3.63) is 42.9 Å². The number of nitrogens with zero attached hydrogens (tertiary/aromatic N) is 1. The topological polar surface area (TPSA) is 63.7 Å². The van der Waals surface area contributed by atoms with E-state index in [0.29, 0.717) is 18.6 Å². The summed E-state index contributed by atoms with van der Waals surface area (Å²) in [5.74, 6) is -0.704. The number of esters is 1. The second-order valence-corrected chi connectivity index (χ2v) is 6.41. The summed E-state index contributed by atoms with van der Waals surface area (Å²) in [7, 11) is 0. The van der Waals surface area contributed by atoms with Crippen LogP contribution in [0.25, 0.3) is 0 Å². The predicted octanol–water partition coefficient (Wildman–Crippen LogP) is 3.36. The van der Waals surface area contributed by atoms with Crippen molar-refractivity contribution in [1.29, 1.82) is 0 Å². The Balaban J connectivity index is 3.27. The summed E-state index contributed by atoms with van der Waals surface area (Å²) in [6.45, 7) is 3.99. The molecule has 0 bridgehead atoms. The molecule has 5 nitrogen and oxygen atoms in total. The minimum atomic E-state index is -0.411. The van der Waals surface area contributed by atoms with Gasteiger partial charge in [-0.1, -0.05) is 6.08 Å². The SMILES string of the molecule is CC(=O)OC1=C(I)C=C(I)C(N(C(C)=O)C(C)=O)=CC=C1. The lowest BCUT2D eigenvalue weighted by molar-refractivity contribution is -0.139. The number of imide groups is 1. The fraction of sp³-hybridized carbons (Fsp3) is 0.214. The van der Waals surface area contributed by atoms with Crippen LogP contribution in [0.15, 0.2) is 42.9 Å². The lowest BCUT2D eigenvalue weighted by atomic mass is 10.2. The van der Waals surface area contributed by atoms with Gasteiger partial charge in [-0.15, -0.1) is 0 Å². The molecule has 0 aromatic rings. The maximum atomic E-state index is 11.6. The van der Waals surface area contributed by atoms with Crippen molar-refractivity contribution < 1.29 is 19.1 Å². The lowest BCUT2D eigenvalue weighted by Crippen LogP contribution is -2.32. The maximum absolute atomic E-state index is 11.6. The van der Waals surface area contributed by atoms with Crippen molar-refractivity contribution >= 4 is 63.0 Å². The highest BCUT2D eigenvalue weighted by Crippen LogP contribution is 2.29. The van der Waals surface area contributed by atoms with E-state index in [2.05, 4.69) is 0 Å². The fourth-order valence-corrected chi connectivity index (χ4v) is 3.55. The van der Waals surface area contributed by atoms with Crippen molar-refractivity contribution in [2.75, 3.05) is 0 Å². The molecule has 0 radical (unpaired) electrons. The third kappa shape index (κ3) is 5.06. The molecule has 2 amide bonds. The molecule has 112 valence electrons. The zero-order valence-electron chi connectivity index (χ0n) is 11.6. The fourth-order valence-electron chi connectivity index (χ4n) is 1.62. The maximum Gasteiger partial charge on any atom is 0.308 e. The molecule has 0 heterocycles. The largest absolute Gasteiger partial charge is 0.426 e. The van der Waals surface area contributed by atoms with Gasteiger partial charge in [0.15, 0.2) is 0 Å². The number of hydrogen-bond donors (Lipinski definition) is 0. The number of allylic oxidation sites excluding steroid dienone is 6. The molecule has 0 saturated carbocycles. The average molecular weight is 513 g/mol. The van der Waals surface area contributed by atoms with E-state index in [0.717, 1.165) is 4.90 Å². The number of carbonyl (C=O) groups is 3. The molecule has 1 aliphatic rings. The Hall–Kier alpha value is -0.970. The Labute approximate surface area is 150 Å². The molecule has 0 atom stereocenters. The van der Waals surface area contributed by atoms with Crippen molar-refractivity contribution in [3.8, 4) is 0 Å². The van der Waals surface area contributed by atoms with Crippen LogP contribution in [-0.4, -0.2) is 22.7 Å². The van der Waals surface area contributed by atoms with Crippen LogP contribution in [0.4, 0.5) is 0 Å². The Kier molecular flexibility index (Phi) is 6.78. The van der Waals surface area contributed by atoms with Gasteiger partial charge in [-0.2, -0.15) is 0 Å². The van der Waals surface area contributed by atoms with Gasteiger partial charge in [0, 0.05) is 24.4 Å². The number of carbonyl (C=O) groups excluding carboxylic acids is 3. The second-order valence-electron chi connectivity index (χ2n) is 4.08. The van der Waals surface area contributed by atoms with Crippen molar-refractivity contribution in [2.45, 2.75) is 20.8 Å². The number of hydrogen-bond acceptors (Lipinski definition) is 4. The van der Waals surface area contributed by atoms with Crippen LogP contribution in [0.1, 0.15) is 20.8 Å². The molecule has 1 rings (SSSR count). The smallest absolute Gasteiger partial charge is 0.308 e. The van der Waals surface area contributed by atoms with Gasteiger partial charge in [-0.25, -0.2) is 4.90 Å². The van der Waals surface area contributed by atoms with Gasteiger partial charge >= 0.3 is 5.97 Å². The third-order valence-electron chi connectivity index (χ3n) is 2.36. The van der Waals surface area contributed by atoms with E-state index in [9.17, 15) is 14.4 Å². The van der Waals surface area contributed by atoms with Crippen molar-refractivity contribution in [1.82, 2.24) is 4.90 Å². The van der Waals surface area contributed by atoms with E-state index in [1.165, 1.54) is 20.8 Å². The van der Waals surface area contributed by atoms with Crippen LogP contribution in [0, 0.1) is 0 Å². The Bertz CT molecular complexity index is 600. The van der Waals surface area contributed by atoms with Crippen LogP contribution < -0.4 is 0 Å². The first-order valence-corrected chi connectivity index (χ1v) is 8.05. The van der Waals surface area contributed by atoms with Crippen LogP contribution in [0.3, 0.4) is 0 Å². The lowest BCUT2D eigenvalue weighted by Gasteiger charge is -2.21. The predicted molar refractivity (Wildman–Crippen MR) is 95.3 cm³/mol. The van der Waals surface area contributed by atoms with Gasteiger partial charge in [0.05, 0.1) is 9.28 Å². The van der Waals surface area contributed by atoms with Gasteiger partial charge in [0.1, 0.15) is 5.76 Å². The number of rotatable bonds is 2. The number of ether oxygens (including phenoxy) is 1. The molecule has 7 heteroatoms. The molecule has 0 aromatic heterocycles. The minimum absolute atomic E-state index is 0.357. The molecule has 0 N–H and O–H groups in total. The van der Waals surface area contributed by atoms with Gasteiger partial charge < -0.3 is 4.74 Å². The number of amides is 2. The molecule has 0 fully saturated rings. The van der Waals surface area contributed by atoms with E-state index < -0.39 is 5.97 Å². The summed E-state index contributed by atoms with van der Waals surface area (Å²) < 4.78 is 6.49. The minimum Gasteiger partial charge on any atom is -0.426 e. The standard InChI is InChI=1S/C14H13I2NO4/c1-8(18)17(9(2)19)13-5-4-6-14(21-10(3)20)12(16)7-11(13)15/h4-7H,1-3H3. The normalized spacial score (nSPS) is 14.7. The molecule has 0 unspecified atom stereocenters. The Morgan fingerprint density at radius 3 is 2.14 bits per heavy atom. The third-order valence-corrected chi connectivity index (χ3v) is 4.07. The molecular formula is C14H13I2NO4. The first-order valence-electron chi connectivity index (χ1n) is 5.89. The van der Waals surface area contributed by atoms with Crippen LogP contribution in [0.2, 0.25) is 0 Å². The van der Waals surface area contributed by atoms with Crippen LogP contribution in [-0.2, 0) is 19.1 Å². The summed E-state index contributed by atoms with van der Waals surface area (Å²) in [5.41, 5.74) is 0.489. The monoisotopic (exact) mass is 513 g/mol. The molecule has 1 aliphatic carbocycles. The molecule has 0 spiro atoms. The molecule has 0 saturated heterocycles. The van der Waals surface area contributed by atoms with E-state index in [1.54, 1.807) is 24.3 Å². The quantitative estimate of drug-likeness (QED) is 0.420. The highest BCUT2D eigenvalue weighted by atomic mass is 127. The van der Waals surface area contributed by atoms with E-state index in [1.807, 2.05) is 45.2 Å². The molecular weight excluding hydrogens is 500 g/mol. The molecule has 0 aromatic carbocycles. The first kappa shape index (κ1) is 18.1. The Morgan fingerprint density at radius 1 is 1.10 bits per heavy atom. The summed E-state index contributed by atoms with van der Waals surface area (Å²) in [6.07, 6.45) is 6.62. The summed E-state index contributed by atoms with van der Waals surface area (Å²) in [6, 6.07) is 0. The van der Waals surface area contributed by atoms with Crippen molar-refractivity contribution in [2.24, 2.45) is 0 Å². The van der Waals surface area contributed by atoms with Gasteiger partial charge in [0.25, 0.3) is 0 Å². The summed E-state index contributed by atoms with van der Waals surface area (Å²) >= 11 is 4.07. The zero-order chi connectivity index (χ0) is 16.2. The highest BCUT2D eigenvalue weighted by molar-refractivity contribution is 14.1. The highest BCUT2D eigenvalue weighted by Gasteiger charge is 2.21. The summed E-state index contributed by atoms with van der Waals surface area (Å²) in [4.78, 5) is 35.5. The van der Waals surface area contributed by atoms with Gasteiger partial charge in [-0.05, 0) is 63.4 Å². The van der Waals surface area contributed by atoms with E-state index >= 15 is 0 Å². The summed E-state index contributed by atoms with van der Waals surface area (Å²) in [5, 5.41) is 0. The van der Waals surface area contributed by atoms with Crippen LogP contribution >= 0.6 is 45.2 Å². The first-order chi connectivity index (χ1) is 9.73. The van der Waals surface area contributed by atoms with E-state index in [4.69, 9.17) is 4.74 Å². The molecule has 21 heavy (non-hydrogen) atoms. The molecule has 0 aliphatic heterocycles. The van der Waals surface area contributed by atoms with Crippen LogP contribution in [0.5, 0.6) is 0 Å². The Morgan fingerprint density at radius 2 is 1.67 bits per heavy atom. The van der Waals surface area contributed by atoms with Gasteiger partial charge in [0.2, 0.25) is 11.8 Å². The second kappa shape index (κ2) is 7.87. The van der Waals surface area contributed by atoms with E-state index in [-0.39, 0.29) is 11.8 Å².